The zero-order chi connectivity index (χ0) is 15.2. The summed E-state index contributed by atoms with van der Waals surface area (Å²) >= 11 is 0. The number of methoxy groups -OCH3 is 1. The number of aryl methyl sites for hydroxylation is 1. The predicted molar refractivity (Wildman–Crippen MR) is 84.9 cm³/mol. The Labute approximate surface area is 125 Å². The summed E-state index contributed by atoms with van der Waals surface area (Å²) in [6.07, 6.45) is 1.81. The molecule has 0 amide bonds. The number of nitrogens with zero attached hydrogens (tertiary/aromatic N) is 1. The van der Waals surface area contributed by atoms with Gasteiger partial charge in [-0.15, -0.1) is 0 Å². The summed E-state index contributed by atoms with van der Waals surface area (Å²) in [5.74, 6) is 0.843. The highest BCUT2D eigenvalue weighted by Gasteiger charge is 2.16. The molecule has 2 rings (SSSR count). The fraction of sp³-hybridized carbons (Fsp3) is 0.353. The molecule has 1 aromatic heterocycles. The van der Waals surface area contributed by atoms with Crippen molar-refractivity contribution < 1.29 is 4.74 Å². The summed E-state index contributed by atoms with van der Waals surface area (Å²) in [5, 5.41) is 3.44. The third kappa shape index (κ3) is 3.73. The fourth-order valence-electron chi connectivity index (χ4n) is 2.45. The standard InChI is InChI=1S/C17H22N2O2/c1-4-18-15(12-19-10-6-5-7-17(19)20)14-11-13(2)8-9-16(14)21-3/h5-11,15,18H,4,12H2,1-3H3. The highest BCUT2D eigenvalue weighted by molar-refractivity contribution is 5.39. The van der Waals surface area contributed by atoms with Gasteiger partial charge in [0, 0.05) is 24.4 Å². The van der Waals surface area contributed by atoms with Crippen LogP contribution in [0.3, 0.4) is 0 Å². The number of benzene rings is 1. The molecule has 0 saturated carbocycles. The first-order valence-corrected chi connectivity index (χ1v) is 7.19. The van der Waals surface area contributed by atoms with Crippen LogP contribution in [0, 0.1) is 6.92 Å². The van der Waals surface area contributed by atoms with Crippen molar-refractivity contribution in [3.8, 4) is 5.75 Å². The Bertz CT molecular complexity index is 649. The topological polar surface area (TPSA) is 43.3 Å². The van der Waals surface area contributed by atoms with Crippen LogP contribution in [0.25, 0.3) is 0 Å². The van der Waals surface area contributed by atoms with Gasteiger partial charge in [-0.1, -0.05) is 30.7 Å². The smallest absolute Gasteiger partial charge is 0.250 e. The van der Waals surface area contributed by atoms with Crippen molar-refractivity contribution in [1.82, 2.24) is 9.88 Å². The highest BCUT2D eigenvalue weighted by Crippen LogP contribution is 2.27. The van der Waals surface area contributed by atoms with Gasteiger partial charge in [0.2, 0.25) is 0 Å². The summed E-state index contributed by atoms with van der Waals surface area (Å²) in [5.41, 5.74) is 2.26. The van der Waals surface area contributed by atoms with Gasteiger partial charge in [-0.25, -0.2) is 0 Å². The molecule has 0 bridgehead atoms. The number of hydrogen-bond donors (Lipinski definition) is 1. The Morgan fingerprint density at radius 2 is 2.10 bits per heavy atom. The number of ether oxygens (including phenoxy) is 1. The third-order valence-electron chi connectivity index (χ3n) is 3.49. The molecule has 0 aliphatic heterocycles. The van der Waals surface area contributed by atoms with Gasteiger partial charge < -0.3 is 14.6 Å². The van der Waals surface area contributed by atoms with Crippen molar-refractivity contribution in [2.24, 2.45) is 0 Å². The molecule has 0 fully saturated rings. The minimum atomic E-state index is 0.00650. The van der Waals surface area contributed by atoms with E-state index in [-0.39, 0.29) is 11.6 Å². The molecule has 4 nitrogen and oxygen atoms in total. The largest absolute Gasteiger partial charge is 0.496 e. The van der Waals surface area contributed by atoms with Crippen molar-refractivity contribution in [3.63, 3.8) is 0 Å². The van der Waals surface area contributed by atoms with Crippen LogP contribution >= 0.6 is 0 Å². The van der Waals surface area contributed by atoms with Crippen molar-refractivity contribution in [1.29, 1.82) is 0 Å². The number of likely N-dealkylation sites (N-methyl/N-ethyl adjacent to an activating group) is 1. The number of aromatic nitrogens is 1. The number of nitrogens with one attached hydrogen (secondary N) is 1. The second-order valence-electron chi connectivity index (χ2n) is 5.05. The Kier molecular flexibility index (Phi) is 5.17. The number of pyridine rings is 1. The van der Waals surface area contributed by atoms with E-state index in [2.05, 4.69) is 25.2 Å². The molecular weight excluding hydrogens is 264 g/mol. The van der Waals surface area contributed by atoms with Gasteiger partial charge in [-0.2, -0.15) is 0 Å². The van der Waals surface area contributed by atoms with E-state index in [4.69, 9.17) is 4.74 Å². The SMILES string of the molecule is CCNC(Cn1ccccc1=O)c1cc(C)ccc1OC. The molecule has 112 valence electrons. The molecule has 1 aromatic carbocycles. The van der Waals surface area contributed by atoms with E-state index in [1.54, 1.807) is 23.8 Å². The average molecular weight is 286 g/mol. The minimum absolute atomic E-state index is 0.00650. The van der Waals surface area contributed by atoms with Gasteiger partial charge >= 0.3 is 0 Å². The van der Waals surface area contributed by atoms with E-state index in [1.165, 1.54) is 5.56 Å². The fourth-order valence-corrected chi connectivity index (χ4v) is 2.45. The summed E-state index contributed by atoms with van der Waals surface area (Å²) in [4.78, 5) is 11.9. The van der Waals surface area contributed by atoms with Gasteiger partial charge in [-0.05, 0) is 25.6 Å². The van der Waals surface area contributed by atoms with E-state index >= 15 is 0 Å². The van der Waals surface area contributed by atoms with Crippen LogP contribution in [0.4, 0.5) is 0 Å². The second kappa shape index (κ2) is 7.09. The molecule has 0 saturated heterocycles. The lowest BCUT2D eigenvalue weighted by atomic mass is 10.0. The summed E-state index contributed by atoms with van der Waals surface area (Å²) in [7, 11) is 1.67. The highest BCUT2D eigenvalue weighted by atomic mass is 16.5. The molecule has 1 unspecified atom stereocenters. The first kappa shape index (κ1) is 15.3. The van der Waals surface area contributed by atoms with Gasteiger partial charge in [0.15, 0.2) is 0 Å². The summed E-state index contributed by atoms with van der Waals surface area (Å²) in [6.45, 7) is 5.51. The maximum atomic E-state index is 11.9. The van der Waals surface area contributed by atoms with Crippen LogP contribution in [-0.2, 0) is 6.54 Å². The van der Waals surface area contributed by atoms with E-state index in [9.17, 15) is 4.79 Å². The summed E-state index contributed by atoms with van der Waals surface area (Å²) < 4.78 is 7.19. The van der Waals surface area contributed by atoms with E-state index < -0.39 is 0 Å². The van der Waals surface area contributed by atoms with Crippen LogP contribution in [-0.4, -0.2) is 18.2 Å². The zero-order valence-electron chi connectivity index (χ0n) is 12.8. The maximum absolute atomic E-state index is 11.9. The minimum Gasteiger partial charge on any atom is -0.496 e. The van der Waals surface area contributed by atoms with Crippen LogP contribution in [0.15, 0.2) is 47.4 Å². The van der Waals surface area contributed by atoms with Gasteiger partial charge in [-0.3, -0.25) is 4.79 Å². The lowest BCUT2D eigenvalue weighted by Gasteiger charge is -2.22. The van der Waals surface area contributed by atoms with Gasteiger partial charge in [0.05, 0.1) is 13.2 Å². The van der Waals surface area contributed by atoms with Crippen LogP contribution < -0.4 is 15.6 Å². The molecule has 0 aliphatic rings. The van der Waals surface area contributed by atoms with Gasteiger partial charge in [0.25, 0.3) is 5.56 Å². The summed E-state index contributed by atoms with van der Waals surface area (Å²) in [6, 6.07) is 11.4. The maximum Gasteiger partial charge on any atom is 0.250 e. The first-order chi connectivity index (χ1) is 10.2. The van der Waals surface area contributed by atoms with E-state index in [0.717, 1.165) is 17.9 Å². The Hall–Kier alpha value is -2.07. The normalized spacial score (nSPS) is 12.1. The Morgan fingerprint density at radius 1 is 1.29 bits per heavy atom. The van der Waals surface area contributed by atoms with Crippen molar-refractivity contribution in [2.45, 2.75) is 26.4 Å². The number of rotatable bonds is 6. The Morgan fingerprint density at radius 3 is 2.76 bits per heavy atom. The quantitative estimate of drug-likeness (QED) is 0.887. The predicted octanol–water partition coefficient (Wildman–Crippen LogP) is 2.52. The van der Waals surface area contributed by atoms with Crippen LogP contribution in [0.5, 0.6) is 5.75 Å². The molecule has 0 radical (unpaired) electrons. The molecule has 1 N–H and O–H groups in total. The molecule has 1 atom stereocenters. The molecular formula is C17H22N2O2. The first-order valence-electron chi connectivity index (χ1n) is 7.19. The molecule has 1 heterocycles. The number of hydrogen-bond acceptors (Lipinski definition) is 3. The average Bonchev–Trinajstić information content (AvgIpc) is 2.49. The second-order valence-corrected chi connectivity index (χ2v) is 5.05. The zero-order valence-corrected chi connectivity index (χ0v) is 12.8. The lowest BCUT2D eigenvalue weighted by Crippen LogP contribution is -2.30. The van der Waals surface area contributed by atoms with Crippen LogP contribution in [0.2, 0.25) is 0 Å². The Balaban J connectivity index is 2.37. The van der Waals surface area contributed by atoms with E-state index in [0.29, 0.717) is 6.54 Å². The molecule has 2 aromatic rings. The molecule has 21 heavy (non-hydrogen) atoms. The lowest BCUT2D eigenvalue weighted by molar-refractivity contribution is 0.389. The van der Waals surface area contributed by atoms with Crippen molar-refractivity contribution in [3.05, 3.63) is 64.1 Å². The monoisotopic (exact) mass is 286 g/mol. The third-order valence-corrected chi connectivity index (χ3v) is 3.49. The van der Waals surface area contributed by atoms with Gasteiger partial charge in [0.1, 0.15) is 5.75 Å². The van der Waals surface area contributed by atoms with Crippen LogP contribution in [0.1, 0.15) is 24.1 Å². The molecule has 0 spiro atoms. The van der Waals surface area contributed by atoms with Crippen molar-refractivity contribution >= 4 is 0 Å². The molecule has 0 aliphatic carbocycles. The van der Waals surface area contributed by atoms with Crippen molar-refractivity contribution in [2.75, 3.05) is 13.7 Å². The molecule has 4 heteroatoms. The van der Waals surface area contributed by atoms with E-state index in [1.807, 2.05) is 24.4 Å².